The fourth-order valence-electron chi connectivity index (χ4n) is 2.17. The summed E-state index contributed by atoms with van der Waals surface area (Å²) in [5.41, 5.74) is 0.949. The Bertz CT molecular complexity index is 409. The molecule has 0 amide bonds. The highest BCUT2D eigenvalue weighted by atomic mass is 16.6. The van der Waals surface area contributed by atoms with Crippen LogP contribution in [0.15, 0.2) is 24.3 Å². The second-order valence-corrected chi connectivity index (χ2v) is 4.39. The van der Waals surface area contributed by atoms with Crippen molar-refractivity contribution in [3.63, 3.8) is 0 Å². The fraction of sp³-hybridized carbons (Fsp3) is 0.571. The van der Waals surface area contributed by atoms with Crippen LogP contribution in [-0.4, -0.2) is 43.0 Å². The third-order valence-corrected chi connectivity index (χ3v) is 3.14. The molecule has 1 heterocycles. The van der Waals surface area contributed by atoms with E-state index in [4.69, 9.17) is 0 Å². The number of hydrogen-bond donors (Lipinski definition) is 0. The van der Waals surface area contributed by atoms with Gasteiger partial charge in [0.1, 0.15) is 5.69 Å². The van der Waals surface area contributed by atoms with Gasteiger partial charge in [0.2, 0.25) is 0 Å². The lowest BCUT2D eigenvalue weighted by Gasteiger charge is -2.22. The van der Waals surface area contributed by atoms with Crippen molar-refractivity contribution in [1.29, 1.82) is 0 Å². The first-order valence-electron chi connectivity index (χ1n) is 6.85. The molecule has 1 fully saturated rings. The highest BCUT2D eigenvalue weighted by molar-refractivity contribution is 5.63. The maximum Gasteiger partial charge on any atom is 0.292 e. The van der Waals surface area contributed by atoms with Crippen molar-refractivity contribution in [1.82, 2.24) is 4.90 Å². The van der Waals surface area contributed by atoms with E-state index in [1.165, 1.54) is 0 Å². The molecule has 0 unspecified atom stereocenters. The summed E-state index contributed by atoms with van der Waals surface area (Å²) in [5.74, 6) is 0. The minimum absolute atomic E-state index is 0.206. The Morgan fingerprint density at radius 2 is 1.79 bits per heavy atom. The van der Waals surface area contributed by atoms with Crippen LogP contribution in [0.3, 0.4) is 0 Å². The molecule has 0 aromatic heterocycles. The minimum Gasteiger partial charge on any atom is -0.365 e. The number of nitrogens with zero attached hydrogens (tertiary/aromatic N) is 3. The highest BCUT2D eigenvalue weighted by Gasteiger charge is 2.20. The zero-order valence-electron chi connectivity index (χ0n) is 12.0. The minimum atomic E-state index is -0.302. The van der Waals surface area contributed by atoms with E-state index in [9.17, 15) is 10.1 Å². The number of likely N-dealkylation sites (N-methyl/N-ethyl adjacent to an activating group) is 1. The Kier molecular flexibility index (Phi) is 6.29. The summed E-state index contributed by atoms with van der Waals surface area (Å²) >= 11 is 0. The largest absolute Gasteiger partial charge is 0.365 e. The van der Waals surface area contributed by atoms with Gasteiger partial charge < -0.3 is 9.80 Å². The van der Waals surface area contributed by atoms with Crippen LogP contribution in [0.1, 0.15) is 20.3 Å². The molecule has 1 aromatic carbocycles. The molecule has 5 nitrogen and oxygen atoms in total. The van der Waals surface area contributed by atoms with Gasteiger partial charge in [-0.05, 0) is 26.1 Å². The molecule has 0 N–H and O–H groups in total. The van der Waals surface area contributed by atoms with E-state index >= 15 is 0 Å². The predicted octanol–water partition coefficient (Wildman–Crippen LogP) is 2.76. The van der Waals surface area contributed by atoms with Gasteiger partial charge in [-0.3, -0.25) is 10.1 Å². The Morgan fingerprint density at radius 1 is 1.11 bits per heavy atom. The number of rotatable bonds is 2. The second kappa shape index (κ2) is 7.74. The van der Waals surface area contributed by atoms with Crippen LogP contribution < -0.4 is 4.90 Å². The van der Waals surface area contributed by atoms with Gasteiger partial charge in [-0.15, -0.1) is 0 Å². The lowest BCUT2D eigenvalue weighted by molar-refractivity contribution is -0.384. The number of para-hydroxylation sites is 2. The Hall–Kier alpha value is -1.62. The van der Waals surface area contributed by atoms with Crippen molar-refractivity contribution < 1.29 is 4.92 Å². The monoisotopic (exact) mass is 265 g/mol. The molecule has 106 valence electrons. The summed E-state index contributed by atoms with van der Waals surface area (Å²) in [6.45, 7) is 7.74. The summed E-state index contributed by atoms with van der Waals surface area (Å²) in [6.07, 6.45) is 1.04. The molecule has 2 rings (SSSR count). The van der Waals surface area contributed by atoms with Crippen LogP contribution in [0.5, 0.6) is 0 Å². The van der Waals surface area contributed by atoms with Crippen LogP contribution in [0.2, 0.25) is 0 Å². The first-order chi connectivity index (χ1) is 9.18. The molecule has 19 heavy (non-hydrogen) atoms. The normalized spacial score (nSPS) is 16.3. The molecule has 1 aromatic rings. The van der Waals surface area contributed by atoms with Crippen LogP contribution in [0, 0.1) is 10.1 Å². The van der Waals surface area contributed by atoms with Gasteiger partial charge in [-0.25, -0.2) is 0 Å². The van der Waals surface area contributed by atoms with Crippen LogP contribution >= 0.6 is 0 Å². The number of benzene rings is 1. The Balaban J connectivity index is 0.000000861. The predicted molar refractivity (Wildman–Crippen MR) is 78.8 cm³/mol. The maximum atomic E-state index is 11.0. The lowest BCUT2D eigenvalue weighted by Crippen LogP contribution is -2.29. The zero-order chi connectivity index (χ0) is 14.3. The Morgan fingerprint density at radius 3 is 2.47 bits per heavy atom. The first-order valence-corrected chi connectivity index (χ1v) is 6.85. The number of nitro benzene ring substituents is 1. The van der Waals surface area contributed by atoms with Crippen molar-refractivity contribution in [3.8, 4) is 0 Å². The van der Waals surface area contributed by atoms with Crippen LogP contribution in [0.4, 0.5) is 11.4 Å². The summed E-state index contributed by atoms with van der Waals surface area (Å²) in [4.78, 5) is 15.1. The third kappa shape index (κ3) is 4.21. The van der Waals surface area contributed by atoms with Crippen molar-refractivity contribution in [3.05, 3.63) is 34.4 Å². The number of anilines is 1. The average Bonchev–Trinajstić information content (AvgIpc) is 2.66. The SMILES string of the molecule is CC.CN1CCCN(c2ccccc2[N+](=O)[O-])CC1. The van der Waals surface area contributed by atoms with E-state index in [1.54, 1.807) is 12.1 Å². The van der Waals surface area contributed by atoms with Crippen LogP contribution in [-0.2, 0) is 0 Å². The van der Waals surface area contributed by atoms with Crippen molar-refractivity contribution in [2.45, 2.75) is 20.3 Å². The van der Waals surface area contributed by atoms with E-state index < -0.39 is 0 Å². The smallest absolute Gasteiger partial charge is 0.292 e. The molecule has 1 saturated heterocycles. The van der Waals surface area contributed by atoms with Gasteiger partial charge in [0.25, 0.3) is 5.69 Å². The van der Waals surface area contributed by atoms with Crippen molar-refractivity contribution >= 4 is 11.4 Å². The first kappa shape index (κ1) is 15.4. The standard InChI is InChI=1S/C12H17N3O2.C2H6/c1-13-7-4-8-14(10-9-13)11-5-2-3-6-12(11)15(16)17;1-2/h2-3,5-6H,4,7-10H2,1H3;1-2H3. The molecule has 0 saturated carbocycles. The van der Waals surface area contributed by atoms with E-state index in [1.807, 2.05) is 26.0 Å². The fourth-order valence-corrected chi connectivity index (χ4v) is 2.17. The lowest BCUT2D eigenvalue weighted by atomic mass is 10.2. The molecule has 0 spiro atoms. The van der Waals surface area contributed by atoms with Crippen LogP contribution in [0.25, 0.3) is 0 Å². The van der Waals surface area contributed by atoms with E-state index in [0.29, 0.717) is 0 Å². The highest BCUT2D eigenvalue weighted by Crippen LogP contribution is 2.28. The molecular weight excluding hydrogens is 242 g/mol. The molecule has 5 heteroatoms. The molecular formula is C14H23N3O2. The second-order valence-electron chi connectivity index (χ2n) is 4.39. The van der Waals surface area contributed by atoms with E-state index in [-0.39, 0.29) is 10.6 Å². The summed E-state index contributed by atoms with van der Waals surface area (Å²) < 4.78 is 0. The van der Waals surface area contributed by atoms with Gasteiger partial charge in [-0.2, -0.15) is 0 Å². The molecule has 1 aliphatic rings. The quantitative estimate of drug-likeness (QED) is 0.609. The number of hydrogen-bond acceptors (Lipinski definition) is 4. The molecule has 0 radical (unpaired) electrons. The molecule has 0 aliphatic carbocycles. The van der Waals surface area contributed by atoms with Gasteiger partial charge >= 0.3 is 0 Å². The molecule has 0 atom stereocenters. The Labute approximate surface area is 115 Å². The number of nitro groups is 1. The van der Waals surface area contributed by atoms with Crippen molar-refractivity contribution in [2.75, 3.05) is 38.1 Å². The van der Waals surface area contributed by atoms with Crippen molar-refractivity contribution in [2.24, 2.45) is 0 Å². The average molecular weight is 265 g/mol. The summed E-state index contributed by atoms with van der Waals surface area (Å²) in [6, 6.07) is 6.98. The summed E-state index contributed by atoms with van der Waals surface area (Å²) in [7, 11) is 2.09. The van der Waals surface area contributed by atoms with Gasteiger partial charge in [0.05, 0.1) is 4.92 Å². The van der Waals surface area contributed by atoms with E-state index in [0.717, 1.165) is 38.3 Å². The topological polar surface area (TPSA) is 49.6 Å². The third-order valence-electron chi connectivity index (χ3n) is 3.14. The van der Waals surface area contributed by atoms with Gasteiger partial charge in [-0.1, -0.05) is 26.0 Å². The molecule has 1 aliphatic heterocycles. The van der Waals surface area contributed by atoms with Gasteiger partial charge in [0, 0.05) is 25.7 Å². The maximum absolute atomic E-state index is 11.0. The van der Waals surface area contributed by atoms with Gasteiger partial charge in [0.15, 0.2) is 0 Å². The zero-order valence-corrected chi connectivity index (χ0v) is 12.0. The molecule has 0 bridgehead atoms. The van der Waals surface area contributed by atoms with E-state index in [2.05, 4.69) is 16.8 Å². The summed E-state index contributed by atoms with van der Waals surface area (Å²) in [5, 5.41) is 11.0.